The second-order valence-corrected chi connectivity index (χ2v) is 5.90. The van der Waals surface area contributed by atoms with E-state index in [4.69, 9.17) is 0 Å². The van der Waals surface area contributed by atoms with Gasteiger partial charge in [0.05, 0.1) is 6.04 Å². The molecule has 0 saturated carbocycles. The smallest absolute Gasteiger partial charge is 0.0581 e. The first kappa shape index (κ1) is 15.8. The molecule has 1 heteroatoms. The number of hydrogen-bond donors (Lipinski definition) is 1. The summed E-state index contributed by atoms with van der Waals surface area (Å²) < 4.78 is 0. The fourth-order valence-corrected chi connectivity index (χ4v) is 3.23. The van der Waals surface area contributed by atoms with Crippen LogP contribution in [-0.4, -0.2) is 6.54 Å². The molecule has 1 unspecified atom stereocenters. The van der Waals surface area contributed by atoms with Crippen LogP contribution in [0.25, 0.3) is 0 Å². The highest BCUT2D eigenvalue weighted by Crippen LogP contribution is 2.29. The highest BCUT2D eigenvalue weighted by atomic mass is 14.9. The van der Waals surface area contributed by atoms with E-state index in [9.17, 15) is 0 Å². The molecule has 0 aromatic heterocycles. The lowest BCUT2D eigenvalue weighted by atomic mass is 9.89. The minimum absolute atomic E-state index is 0.280. The second kappa shape index (κ2) is 6.91. The summed E-state index contributed by atoms with van der Waals surface area (Å²) in [6.07, 6.45) is 1.08. The predicted octanol–water partition coefficient (Wildman–Crippen LogP) is 4.87. The quantitative estimate of drug-likeness (QED) is 0.824. The van der Waals surface area contributed by atoms with E-state index in [1.54, 1.807) is 0 Å². The summed E-state index contributed by atoms with van der Waals surface area (Å²) in [4.78, 5) is 0. The Balaban J connectivity index is 2.53. The Morgan fingerprint density at radius 1 is 0.952 bits per heavy atom. The number of nitrogens with one attached hydrogen (secondary N) is 1. The maximum absolute atomic E-state index is 3.67. The van der Waals surface area contributed by atoms with Crippen LogP contribution in [0.1, 0.15) is 53.3 Å². The van der Waals surface area contributed by atoms with Crippen molar-refractivity contribution >= 4 is 0 Å². The molecule has 0 amide bonds. The SMILES string of the molecule is CCNC(c1cccc(CC)c1)c1c(C)cc(C)cc1C. The average molecular weight is 281 g/mol. The van der Waals surface area contributed by atoms with Gasteiger partial charge in [-0.3, -0.25) is 0 Å². The zero-order valence-corrected chi connectivity index (χ0v) is 14.0. The van der Waals surface area contributed by atoms with Crippen molar-refractivity contribution < 1.29 is 0 Å². The summed E-state index contributed by atoms with van der Waals surface area (Å²) in [6, 6.07) is 13.8. The first-order valence-electron chi connectivity index (χ1n) is 7.96. The van der Waals surface area contributed by atoms with Crippen molar-refractivity contribution in [3.05, 3.63) is 69.8 Å². The van der Waals surface area contributed by atoms with Gasteiger partial charge in [-0.2, -0.15) is 0 Å². The van der Waals surface area contributed by atoms with E-state index in [0.717, 1.165) is 13.0 Å². The Bertz CT molecular complexity index is 590. The van der Waals surface area contributed by atoms with Gasteiger partial charge in [-0.15, -0.1) is 0 Å². The summed E-state index contributed by atoms with van der Waals surface area (Å²) in [5.41, 5.74) is 8.28. The van der Waals surface area contributed by atoms with Gasteiger partial charge >= 0.3 is 0 Å². The second-order valence-electron chi connectivity index (χ2n) is 5.90. The van der Waals surface area contributed by atoms with Crippen molar-refractivity contribution in [2.75, 3.05) is 6.54 Å². The van der Waals surface area contributed by atoms with Gasteiger partial charge in [0.15, 0.2) is 0 Å². The van der Waals surface area contributed by atoms with Gasteiger partial charge in [0.1, 0.15) is 0 Å². The maximum atomic E-state index is 3.67. The van der Waals surface area contributed by atoms with E-state index in [-0.39, 0.29) is 6.04 Å². The lowest BCUT2D eigenvalue weighted by Gasteiger charge is -2.24. The molecule has 2 aromatic carbocycles. The first-order chi connectivity index (χ1) is 10.1. The van der Waals surface area contributed by atoms with Crippen molar-refractivity contribution in [3.63, 3.8) is 0 Å². The maximum Gasteiger partial charge on any atom is 0.0581 e. The van der Waals surface area contributed by atoms with Crippen molar-refractivity contribution in [1.82, 2.24) is 5.32 Å². The van der Waals surface area contributed by atoms with Gasteiger partial charge in [0.25, 0.3) is 0 Å². The molecule has 21 heavy (non-hydrogen) atoms. The van der Waals surface area contributed by atoms with Gasteiger partial charge in [0, 0.05) is 0 Å². The third-order valence-corrected chi connectivity index (χ3v) is 4.13. The van der Waals surface area contributed by atoms with Crippen LogP contribution in [0.2, 0.25) is 0 Å². The van der Waals surface area contributed by atoms with Crippen LogP contribution >= 0.6 is 0 Å². The molecule has 1 N–H and O–H groups in total. The van der Waals surface area contributed by atoms with Gasteiger partial charge in [0.2, 0.25) is 0 Å². The van der Waals surface area contributed by atoms with Gasteiger partial charge in [-0.1, -0.05) is 55.8 Å². The molecule has 0 bridgehead atoms. The number of hydrogen-bond acceptors (Lipinski definition) is 1. The fraction of sp³-hybridized carbons (Fsp3) is 0.400. The zero-order chi connectivity index (χ0) is 15.4. The molecule has 0 spiro atoms. The Hall–Kier alpha value is -1.60. The van der Waals surface area contributed by atoms with Crippen LogP contribution in [0, 0.1) is 20.8 Å². The zero-order valence-electron chi connectivity index (χ0n) is 14.0. The first-order valence-corrected chi connectivity index (χ1v) is 7.96. The molecule has 1 nitrogen and oxygen atoms in total. The lowest BCUT2D eigenvalue weighted by molar-refractivity contribution is 0.624. The highest BCUT2D eigenvalue weighted by molar-refractivity contribution is 5.44. The molecule has 0 heterocycles. The topological polar surface area (TPSA) is 12.0 Å². The summed E-state index contributed by atoms with van der Waals surface area (Å²) in [5.74, 6) is 0. The Morgan fingerprint density at radius 2 is 1.62 bits per heavy atom. The average Bonchev–Trinajstić information content (AvgIpc) is 2.45. The van der Waals surface area contributed by atoms with Gasteiger partial charge in [-0.05, 0) is 61.6 Å². The number of rotatable bonds is 5. The van der Waals surface area contributed by atoms with E-state index in [2.05, 4.69) is 76.3 Å². The van der Waals surface area contributed by atoms with E-state index >= 15 is 0 Å². The Kier molecular flexibility index (Phi) is 5.19. The van der Waals surface area contributed by atoms with Gasteiger partial charge in [-0.25, -0.2) is 0 Å². The molecule has 2 rings (SSSR count). The molecule has 1 atom stereocenters. The molecule has 0 radical (unpaired) electrons. The molecule has 0 fully saturated rings. The summed E-state index contributed by atoms with van der Waals surface area (Å²) in [6.45, 7) is 12.0. The lowest BCUT2D eigenvalue weighted by Crippen LogP contribution is -2.24. The van der Waals surface area contributed by atoms with Crippen molar-refractivity contribution in [2.45, 2.75) is 47.1 Å². The molecule has 0 aliphatic heterocycles. The van der Waals surface area contributed by atoms with Crippen LogP contribution in [0.15, 0.2) is 36.4 Å². The van der Waals surface area contributed by atoms with Crippen LogP contribution in [0.3, 0.4) is 0 Å². The number of aryl methyl sites for hydroxylation is 4. The van der Waals surface area contributed by atoms with Crippen LogP contribution in [0.4, 0.5) is 0 Å². The third kappa shape index (κ3) is 3.54. The molecule has 0 aliphatic carbocycles. The normalized spacial score (nSPS) is 12.4. The van der Waals surface area contributed by atoms with E-state index in [1.165, 1.54) is 33.4 Å². The summed E-state index contributed by atoms with van der Waals surface area (Å²) in [7, 11) is 0. The Labute approximate surface area is 129 Å². The van der Waals surface area contributed by atoms with Crippen molar-refractivity contribution in [1.29, 1.82) is 0 Å². The highest BCUT2D eigenvalue weighted by Gasteiger charge is 2.17. The van der Waals surface area contributed by atoms with Crippen LogP contribution in [0.5, 0.6) is 0 Å². The minimum Gasteiger partial charge on any atom is -0.307 e. The monoisotopic (exact) mass is 281 g/mol. The fourth-order valence-electron chi connectivity index (χ4n) is 3.23. The molecular weight excluding hydrogens is 254 g/mol. The van der Waals surface area contributed by atoms with E-state index < -0.39 is 0 Å². The summed E-state index contributed by atoms with van der Waals surface area (Å²) >= 11 is 0. The molecule has 2 aromatic rings. The molecular formula is C20H27N. The molecule has 112 valence electrons. The van der Waals surface area contributed by atoms with Crippen LogP contribution < -0.4 is 5.32 Å². The molecule has 0 aliphatic rings. The molecule has 0 saturated heterocycles. The largest absolute Gasteiger partial charge is 0.307 e. The van der Waals surface area contributed by atoms with E-state index in [0.29, 0.717) is 0 Å². The van der Waals surface area contributed by atoms with Crippen LogP contribution in [-0.2, 0) is 6.42 Å². The predicted molar refractivity (Wildman–Crippen MR) is 92.0 cm³/mol. The van der Waals surface area contributed by atoms with E-state index in [1.807, 2.05) is 0 Å². The van der Waals surface area contributed by atoms with Crippen molar-refractivity contribution in [3.8, 4) is 0 Å². The summed E-state index contributed by atoms with van der Waals surface area (Å²) in [5, 5.41) is 3.67. The number of benzene rings is 2. The Morgan fingerprint density at radius 3 is 2.19 bits per heavy atom. The van der Waals surface area contributed by atoms with Crippen molar-refractivity contribution in [2.24, 2.45) is 0 Å². The third-order valence-electron chi connectivity index (χ3n) is 4.13. The minimum atomic E-state index is 0.280. The van der Waals surface area contributed by atoms with Gasteiger partial charge < -0.3 is 5.32 Å². The standard InChI is InChI=1S/C20H27N/c1-6-17-9-8-10-18(13-17)20(21-7-2)19-15(4)11-14(3)12-16(19)5/h8-13,20-21H,6-7H2,1-5H3.